The van der Waals surface area contributed by atoms with Crippen molar-refractivity contribution in [3.8, 4) is 47.4 Å². The fourth-order valence-corrected chi connectivity index (χ4v) is 3.18. The molecule has 0 unspecified atom stereocenters. The van der Waals surface area contributed by atoms with Gasteiger partial charge >= 0.3 is 0 Å². The van der Waals surface area contributed by atoms with Crippen LogP contribution in [-0.2, 0) is 9.47 Å². The lowest BCUT2D eigenvalue weighted by molar-refractivity contribution is -0.140. The third-order valence-corrected chi connectivity index (χ3v) is 4.82. The highest BCUT2D eigenvalue weighted by Gasteiger charge is 2.28. The molecule has 0 aliphatic rings. The van der Waals surface area contributed by atoms with Gasteiger partial charge in [-0.2, -0.15) is 0 Å². The Morgan fingerprint density at radius 3 is 1.18 bits per heavy atom. The molecular weight excluding hydrogens is 480 g/mol. The number of aldehydes is 1. The largest absolute Gasteiger partial charge is 0.349 e. The van der Waals surface area contributed by atoms with Crippen LogP contribution in [0.2, 0.25) is 0 Å². The summed E-state index contributed by atoms with van der Waals surface area (Å²) in [4.78, 5) is 12.9. The van der Waals surface area contributed by atoms with E-state index in [4.69, 9.17) is 9.47 Å². The van der Waals surface area contributed by atoms with Gasteiger partial charge in [0.2, 0.25) is 0 Å². The molecular formula is C36H48O3. The van der Waals surface area contributed by atoms with Gasteiger partial charge in [-0.3, -0.25) is 4.79 Å². The quantitative estimate of drug-likeness (QED) is 0.212. The molecule has 0 saturated heterocycles. The third-order valence-electron chi connectivity index (χ3n) is 4.82. The second kappa shape index (κ2) is 13.4. The number of carbonyl (C=O) groups is 1. The fourth-order valence-electron chi connectivity index (χ4n) is 3.18. The zero-order chi connectivity index (χ0) is 30.2. The summed E-state index contributed by atoms with van der Waals surface area (Å²) in [5.41, 5.74) is 2.22. The fraction of sp³-hybridized carbons (Fsp3) is 0.583. The molecule has 0 fully saturated rings. The molecule has 0 aliphatic heterocycles. The molecule has 1 aromatic rings. The zero-order valence-electron chi connectivity index (χ0n) is 26.8. The highest BCUT2D eigenvalue weighted by molar-refractivity contribution is 5.88. The zero-order valence-corrected chi connectivity index (χ0v) is 26.8. The SMILES string of the molecule is CCOC(OCC)c1c(C#CC(C)(C)C)c(C#CC(C)(C)C)c(C#CC(C)(C)C)c(C#CC(C)(C)C)c1C=O. The lowest BCUT2D eigenvalue weighted by Gasteiger charge is -2.24. The minimum absolute atomic E-state index is 0.274. The average molecular weight is 529 g/mol. The van der Waals surface area contributed by atoms with Crippen molar-refractivity contribution in [3.63, 3.8) is 0 Å². The van der Waals surface area contributed by atoms with Gasteiger partial charge in [0.25, 0.3) is 0 Å². The number of benzene rings is 1. The Labute approximate surface area is 239 Å². The molecule has 3 nitrogen and oxygen atoms in total. The van der Waals surface area contributed by atoms with Crippen LogP contribution >= 0.6 is 0 Å². The van der Waals surface area contributed by atoms with Crippen LogP contribution in [0.3, 0.4) is 0 Å². The van der Waals surface area contributed by atoms with Crippen LogP contribution in [0.5, 0.6) is 0 Å². The van der Waals surface area contributed by atoms with E-state index in [9.17, 15) is 4.79 Å². The summed E-state index contributed by atoms with van der Waals surface area (Å²) < 4.78 is 12.1. The summed E-state index contributed by atoms with van der Waals surface area (Å²) in [7, 11) is 0. The summed E-state index contributed by atoms with van der Waals surface area (Å²) in [5.74, 6) is 26.9. The molecule has 0 spiro atoms. The maximum atomic E-state index is 12.9. The van der Waals surface area contributed by atoms with Crippen LogP contribution < -0.4 is 0 Å². The number of hydrogen-bond donors (Lipinski definition) is 0. The van der Waals surface area contributed by atoms with Gasteiger partial charge in [0.15, 0.2) is 12.6 Å². The van der Waals surface area contributed by atoms with Crippen molar-refractivity contribution in [2.45, 2.75) is 103 Å². The Morgan fingerprint density at radius 2 is 0.872 bits per heavy atom. The van der Waals surface area contributed by atoms with Gasteiger partial charge in [-0.1, -0.05) is 47.4 Å². The summed E-state index contributed by atoms with van der Waals surface area (Å²) in [6.07, 6.45) is 0.0258. The lowest BCUT2D eigenvalue weighted by Crippen LogP contribution is -2.17. The van der Waals surface area contributed by atoms with E-state index < -0.39 is 6.29 Å². The molecule has 1 aromatic carbocycles. The van der Waals surface area contributed by atoms with Crippen molar-refractivity contribution in [3.05, 3.63) is 33.4 Å². The number of hydrogen-bond acceptors (Lipinski definition) is 3. The molecule has 0 bridgehead atoms. The molecule has 0 heterocycles. The first-order chi connectivity index (χ1) is 17.7. The summed E-state index contributed by atoms with van der Waals surface area (Å²) in [5, 5.41) is 0. The highest BCUT2D eigenvalue weighted by atomic mass is 16.7. The number of ether oxygens (including phenoxy) is 2. The molecule has 0 saturated carbocycles. The summed E-state index contributed by atoms with van der Waals surface area (Å²) in [6.45, 7) is 29.2. The predicted octanol–water partition coefficient (Wildman–Crippen LogP) is 8.16. The van der Waals surface area contributed by atoms with Crippen molar-refractivity contribution >= 4 is 6.29 Å². The monoisotopic (exact) mass is 528 g/mol. The van der Waals surface area contributed by atoms with Crippen molar-refractivity contribution in [2.75, 3.05) is 13.2 Å². The van der Waals surface area contributed by atoms with E-state index in [-0.39, 0.29) is 21.7 Å². The Morgan fingerprint density at radius 1 is 0.564 bits per heavy atom. The van der Waals surface area contributed by atoms with E-state index in [1.165, 1.54) is 0 Å². The third kappa shape index (κ3) is 11.8. The van der Waals surface area contributed by atoms with Crippen LogP contribution in [0.4, 0.5) is 0 Å². The standard InChI is InChI=1S/C36H48O3/c1-15-38-32(39-16-2)31-29(20-24-36(12,13)14)27(18-22-34(6,7)8)26(17-21-33(3,4)5)28(30(31)25-37)19-23-35(9,10)11/h25,32H,15-16H2,1-14H3. The molecule has 0 atom stereocenters. The maximum Gasteiger partial charge on any atom is 0.185 e. The highest BCUT2D eigenvalue weighted by Crippen LogP contribution is 2.34. The van der Waals surface area contributed by atoms with Gasteiger partial charge < -0.3 is 9.47 Å². The molecule has 39 heavy (non-hydrogen) atoms. The molecule has 210 valence electrons. The molecule has 0 radical (unpaired) electrons. The van der Waals surface area contributed by atoms with Gasteiger partial charge in [-0.15, -0.1) is 0 Å². The van der Waals surface area contributed by atoms with Gasteiger partial charge in [-0.25, -0.2) is 0 Å². The first-order valence-corrected chi connectivity index (χ1v) is 13.8. The molecule has 0 aromatic heterocycles. The maximum absolute atomic E-state index is 12.9. The van der Waals surface area contributed by atoms with Gasteiger partial charge in [-0.05, 0) is 96.9 Å². The van der Waals surface area contributed by atoms with E-state index in [1.54, 1.807) is 0 Å². The molecule has 3 heteroatoms. The van der Waals surface area contributed by atoms with E-state index in [0.717, 1.165) is 6.29 Å². The minimum atomic E-state index is -0.806. The average Bonchev–Trinajstić information content (AvgIpc) is 2.76. The van der Waals surface area contributed by atoms with Crippen molar-refractivity contribution in [1.29, 1.82) is 0 Å². The van der Waals surface area contributed by atoms with E-state index in [2.05, 4.69) is 88.9 Å². The Bertz CT molecular complexity index is 1280. The van der Waals surface area contributed by atoms with Crippen LogP contribution in [0.1, 0.15) is 141 Å². The van der Waals surface area contributed by atoms with Crippen LogP contribution in [0, 0.1) is 69.0 Å². The number of carbonyl (C=O) groups excluding carboxylic acids is 1. The Balaban J connectivity index is 4.73. The predicted molar refractivity (Wildman–Crippen MR) is 163 cm³/mol. The first kappa shape index (κ1) is 34.1. The van der Waals surface area contributed by atoms with Gasteiger partial charge in [0, 0.05) is 46.0 Å². The molecule has 0 N–H and O–H groups in total. The van der Waals surface area contributed by atoms with Crippen LogP contribution in [-0.4, -0.2) is 19.5 Å². The smallest absolute Gasteiger partial charge is 0.185 e. The lowest BCUT2D eigenvalue weighted by atomic mass is 9.84. The van der Waals surface area contributed by atoms with Crippen molar-refractivity contribution in [1.82, 2.24) is 0 Å². The minimum Gasteiger partial charge on any atom is -0.349 e. The summed E-state index contributed by atoms with van der Waals surface area (Å²) >= 11 is 0. The number of rotatable bonds is 6. The second-order valence-corrected chi connectivity index (χ2v) is 13.7. The van der Waals surface area contributed by atoms with Crippen molar-refractivity contribution < 1.29 is 14.3 Å². The first-order valence-electron chi connectivity index (χ1n) is 13.8. The van der Waals surface area contributed by atoms with Crippen LogP contribution in [0.25, 0.3) is 0 Å². The Kier molecular flexibility index (Phi) is 11.7. The van der Waals surface area contributed by atoms with E-state index in [1.807, 2.05) is 55.4 Å². The molecule has 0 aliphatic carbocycles. The molecule has 0 amide bonds. The van der Waals surface area contributed by atoms with Crippen molar-refractivity contribution in [2.24, 2.45) is 21.7 Å². The Hall–Kier alpha value is -2.95. The van der Waals surface area contributed by atoms with Gasteiger partial charge in [0.1, 0.15) is 0 Å². The van der Waals surface area contributed by atoms with E-state index in [0.29, 0.717) is 46.6 Å². The second-order valence-electron chi connectivity index (χ2n) is 13.7. The van der Waals surface area contributed by atoms with Gasteiger partial charge in [0.05, 0.1) is 22.3 Å². The topological polar surface area (TPSA) is 35.5 Å². The van der Waals surface area contributed by atoms with Crippen LogP contribution in [0.15, 0.2) is 0 Å². The molecule has 1 rings (SSSR count). The normalized spacial score (nSPS) is 11.8. The summed E-state index contributed by atoms with van der Waals surface area (Å²) in [6, 6.07) is 0. The van der Waals surface area contributed by atoms with E-state index >= 15 is 0 Å².